The van der Waals surface area contributed by atoms with E-state index in [2.05, 4.69) is 4.98 Å². The van der Waals surface area contributed by atoms with Gasteiger partial charge in [0.15, 0.2) is 11.6 Å². The Morgan fingerprint density at radius 2 is 2.33 bits per heavy atom. The molecule has 18 heavy (non-hydrogen) atoms. The predicted molar refractivity (Wildman–Crippen MR) is 73.5 cm³/mol. The first-order chi connectivity index (χ1) is 8.56. The van der Waals surface area contributed by atoms with Gasteiger partial charge in [-0.15, -0.1) is 11.3 Å². The van der Waals surface area contributed by atoms with Gasteiger partial charge in [0.1, 0.15) is 16.6 Å². The lowest BCUT2D eigenvalue weighted by atomic mass is 10.2. The van der Waals surface area contributed by atoms with E-state index in [-0.39, 0.29) is 17.3 Å². The fourth-order valence-electron chi connectivity index (χ4n) is 1.38. The van der Waals surface area contributed by atoms with Crippen LogP contribution in [0.3, 0.4) is 0 Å². The number of ether oxygens (including phenoxy) is 1. The minimum absolute atomic E-state index is 0.163. The molecular formula is C12H11FN2OS2. The van der Waals surface area contributed by atoms with Crippen LogP contribution in [0.2, 0.25) is 0 Å². The minimum atomic E-state index is -0.478. The van der Waals surface area contributed by atoms with E-state index < -0.39 is 5.82 Å². The minimum Gasteiger partial charge on any atom is -0.483 e. The van der Waals surface area contributed by atoms with Crippen molar-refractivity contribution in [3.63, 3.8) is 0 Å². The van der Waals surface area contributed by atoms with Crippen molar-refractivity contribution in [2.75, 3.05) is 0 Å². The SMILES string of the molecule is Cc1csc(COc2ccc(C(N)=S)cc2F)n1. The number of hydrogen-bond acceptors (Lipinski definition) is 4. The molecule has 0 saturated heterocycles. The van der Waals surface area contributed by atoms with Gasteiger partial charge >= 0.3 is 0 Å². The first kappa shape index (κ1) is 12.9. The second-order valence-electron chi connectivity index (χ2n) is 3.68. The number of benzene rings is 1. The smallest absolute Gasteiger partial charge is 0.165 e. The summed E-state index contributed by atoms with van der Waals surface area (Å²) in [5, 5.41) is 2.73. The van der Waals surface area contributed by atoms with E-state index in [0.29, 0.717) is 5.56 Å². The zero-order chi connectivity index (χ0) is 13.1. The van der Waals surface area contributed by atoms with E-state index in [1.807, 2.05) is 12.3 Å². The molecule has 0 bridgehead atoms. The molecule has 6 heteroatoms. The molecule has 1 aromatic heterocycles. The molecule has 0 saturated carbocycles. The van der Waals surface area contributed by atoms with Gasteiger partial charge in [0.2, 0.25) is 0 Å². The van der Waals surface area contributed by atoms with Crippen LogP contribution >= 0.6 is 23.6 Å². The van der Waals surface area contributed by atoms with E-state index in [9.17, 15) is 4.39 Å². The van der Waals surface area contributed by atoms with Crippen LogP contribution in [0.15, 0.2) is 23.6 Å². The molecule has 1 aromatic carbocycles. The highest BCUT2D eigenvalue weighted by Gasteiger charge is 2.07. The monoisotopic (exact) mass is 282 g/mol. The number of nitrogens with zero attached hydrogens (tertiary/aromatic N) is 1. The fraction of sp³-hybridized carbons (Fsp3) is 0.167. The van der Waals surface area contributed by atoms with Crippen molar-refractivity contribution in [1.29, 1.82) is 0 Å². The van der Waals surface area contributed by atoms with Gasteiger partial charge in [-0.1, -0.05) is 12.2 Å². The Labute approximate surface area is 113 Å². The van der Waals surface area contributed by atoms with Crippen molar-refractivity contribution in [2.45, 2.75) is 13.5 Å². The van der Waals surface area contributed by atoms with E-state index in [4.69, 9.17) is 22.7 Å². The number of aromatic nitrogens is 1. The molecule has 0 aliphatic heterocycles. The Hall–Kier alpha value is -1.53. The number of aryl methyl sites for hydroxylation is 1. The summed E-state index contributed by atoms with van der Waals surface area (Å²) in [5.74, 6) is -0.309. The molecule has 94 valence electrons. The summed E-state index contributed by atoms with van der Waals surface area (Å²) in [5.41, 5.74) is 6.84. The summed E-state index contributed by atoms with van der Waals surface area (Å²) >= 11 is 6.25. The number of nitrogens with two attached hydrogens (primary N) is 1. The van der Waals surface area contributed by atoms with Crippen LogP contribution in [0.5, 0.6) is 5.75 Å². The Morgan fingerprint density at radius 3 is 2.89 bits per heavy atom. The van der Waals surface area contributed by atoms with Crippen molar-refractivity contribution in [2.24, 2.45) is 5.73 Å². The molecule has 2 aromatic rings. The van der Waals surface area contributed by atoms with Crippen LogP contribution in [0.4, 0.5) is 4.39 Å². The molecule has 0 aliphatic rings. The van der Waals surface area contributed by atoms with Crippen LogP contribution in [0, 0.1) is 12.7 Å². The van der Waals surface area contributed by atoms with Crippen LogP contribution in [-0.2, 0) is 6.61 Å². The Bertz CT molecular complexity index is 583. The van der Waals surface area contributed by atoms with Gasteiger partial charge in [-0.2, -0.15) is 0 Å². The van der Waals surface area contributed by atoms with Crippen molar-refractivity contribution >= 4 is 28.5 Å². The molecule has 2 rings (SSSR count). The zero-order valence-corrected chi connectivity index (χ0v) is 11.3. The molecule has 0 amide bonds. The van der Waals surface area contributed by atoms with Gasteiger partial charge in [-0.3, -0.25) is 0 Å². The molecule has 2 N–H and O–H groups in total. The largest absolute Gasteiger partial charge is 0.483 e. The topological polar surface area (TPSA) is 48.1 Å². The number of thiocarbonyl (C=S) groups is 1. The number of halogens is 1. The van der Waals surface area contributed by atoms with Crippen LogP contribution in [0.1, 0.15) is 16.3 Å². The normalized spacial score (nSPS) is 10.3. The lowest BCUT2D eigenvalue weighted by molar-refractivity contribution is 0.289. The van der Waals surface area contributed by atoms with Gasteiger partial charge in [-0.05, 0) is 25.1 Å². The van der Waals surface area contributed by atoms with Crippen molar-refractivity contribution in [3.8, 4) is 5.75 Å². The lowest BCUT2D eigenvalue weighted by Gasteiger charge is -2.06. The summed E-state index contributed by atoms with van der Waals surface area (Å²) < 4.78 is 19.0. The summed E-state index contributed by atoms with van der Waals surface area (Å²) in [4.78, 5) is 4.39. The average Bonchev–Trinajstić information content (AvgIpc) is 2.73. The van der Waals surface area contributed by atoms with Gasteiger partial charge in [0, 0.05) is 16.6 Å². The third-order valence-corrected chi connectivity index (χ3v) is 3.41. The maximum Gasteiger partial charge on any atom is 0.165 e. The lowest BCUT2D eigenvalue weighted by Crippen LogP contribution is -2.09. The molecular weight excluding hydrogens is 271 g/mol. The molecule has 0 fully saturated rings. The third kappa shape index (κ3) is 3.02. The van der Waals surface area contributed by atoms with E-state index in [1.54, 1.807) is 6.07 Å². The van der Waals surface area contributed by atoms with E-state index >= 15 is 0 Å². The first-order valence-electron chi connectivity index (χ1n) is 5.19. The Kier molecular flexibility index (Phi) is 3.88. The molecule has 0 spiro atoms. The van der Waals surface area contributed by atoms with E-state index in [1.165, 1.54) is 23.5 Å². The summed E-state index contributed by atoms with van der Waals surface area (Å²) in [6.45, 7) is 2.15. The molecule has 0 aliphatic carbocycles. The number of rotatable bonds is 4. The van der Waals surface area contributed by atoms with Crippen LogP contribution < -0.4 is 10.5 Å². The van der Waals surface area contributed by atoms with Gasteiger partial charge in [0.25, 0.3) is 0 Å². The van der Waals surface area contributed by atoms with Crippen LogP contribution in [-0.4, -0.2) is 9.97 Å². The van der Waals surface area contributed by atoms with Crippen molar-refractivity contribution in [1.82, 2.24) is 4.98 Å². The molecule has 1 heterocycles. The Balaban J connectivity index is 2.08. The molecule has 0 unspecified atom stereocenters. The third-order valence-electron chi connectivity index (χ3n) is 2.23. The van der Waals surface area contributed by atoms with Crippen LogP contribution in [0.25, 0.3) is 0 Å². The maximum atomic E-state index is 13.7. The fourth-order valence-corrected chi connectivity index (χ4v) is 2.19. The highest BCUT2D eigenvalue weighted by Crippen LogP contribution is 2.20. The van der Waals surface area contributed by atoms with E-state index in [0.717, 1.165) is 10.7 Å². The van der Waals surface area contributed by atoms with Gasteiger partial charge in [-0.25, -0.2) is 9.37 Å². The zero-order valence-electron chi connectivity index (χ0n) is 9.64. The first-order valence-corrected chi connectivity index (χ1v) is 6.48. The Morgan fingerprint density at radius 1 is 1.56 bits per heavy atom. The highest BCUT2D eigenvalue weighted by atomic mass is 32.1. The summed E-state index contributed by atoms with van der Waals surface area (Å²) in [6.07, 6.45) is 0. The number of hydrogen-bond donors (Lipinski definition) is 1. The van der Waals surface area contributed by atoms with Crippen molar-refractivity contribution in [3.05, 3.63) is 45.7 Å². The highest BCUT2D eigenvalue weighted by molar-refractivity contribution is 7.80. The van der Waals surface area contributed by atoms with Crippen molar-refractivity contribution < 1.29 is 9.13 Å². The standard InChI is InChI=1S/C12H11FN2OS2/c1-7-6-18-11(15-7)5-16-10-3-2-8(12(14)17)4-9(10)13/h2-4,6H,5H2,1H3,(H2,14,17). The summed E-state index contributed by atoms with van der Waals surface area (Å²) in [7, 11) is 0. The number of thiazole rings is 1. The average molecular weight is 282 g/mol. The molecule has 3 nitrogen and oxygen atoms in total. The summed E-state index contributed by atoms with van der Waals surface area (Å²) in [6, 6.07) is 4.42. The maximum absolute atomic E-state index is 13.7. The quantitative estimate of drug-likeness (QED) is 0.876. The van der Waals surface area contributed by atoms with Gasteiger partial charge < -0.3 is 10.5 Å². The second kappa shape index (κ2) is 5.41. The predicted octanol–water partition coefficient (Wildman–Crippen LogP) is 2.80. The van der Waals surface area contributed by atoms with Gasteiger partial charge in [0.05, 0.1) is 0 Å². The molecule has 0 radical (unpaired) electrons. The molecule has 0 atom stereocenters. The second-order valence-corrected chi connectivity index (χ2v) is 5.06.